The van der Waals surface area contributed by atoms with Crippen LogP contribution in [0.1, 0.15) is 27.3 Å². The van der Waals surface area contributed by atoms with Crippen molar-refractivity contribution in [1.29, 1.82) is 0 Å². The van der Waals surface area contributed by atoms with Gasteiger partial charge in [0.15, 0.2) is 5.78 Å². The van der Waals surface area contributed by atoms with Gasteiger partial charge in [0.1, 0.15) is 5.69 Å². The Morgan fingerprint density at radius 2 is 2.00 bits per heavy atom. The molecular formula is C16H12N2O2S. The maximum Gasteiger partial charge on any atom is 0.268 e. The molecule has 3 aromatic rings. The van der Waals surface area contributed by atoms with Gasteiger partial charge in [-0.15, -0.1) is 0 Å². The molecular weight excluding hydrogens is 284 g/mol. The van der Waals surface area contributed by atoms with Crippen LogP contribution >= 0.6 is 11.3 Å². The number of aromatic amines is 1. The minimum absolute atomic E-state index is 0.0112. The number of benzene rings is 1. The quantitative estimate of drug-likeness (QED) is 0.724. The first kappa shape index (κ1) is 12.3. The van der Waals surface area contributed by atoms with Crippen LogP contribution in [-0.2, 0) is 0 Å². The SMILES string of the molecule is O=C1NCCC(=O)c2c1[nH]c1ccc(-c3ccsc3)cc21. The third-order valence-electron chi connectivity index (χ3n) is 3.80. The Morgan fingerprint density at radius 1 is 1.10 bits per heavy atom. The van der Waals surface area contributed by atoms with E-state index in [1.807, 2.05) is 29.6 Å². The number of ketones is 1. The van der Waals surface area contributed by atoms with Crippen molar-refractivity contribution in [2.24, 2.45) is 0 Å². The molecule has 2 N–H and O–H groups in total. The van der Waals surface area contributed by atoms with Gasteiger partial charge >= 0.3 is 0 Å². The van der Waals surface area contributed by atoms with Crippen LogP contribution in [0, 0.1) is 0 Å². The number of aromatic nitrogens is 1. The predicted octanol–water partition coefficient (Wildman–Crippen LogP) is 3.21. The third-order valence-corrected chi connectivity index (χ3v) is 4.48. The highest BCUT2D eigenvalue weighted by molar-refractivity contribution is 7.08. The normalized spacial score (nSPS) is 14.9. The smallest absolute Gasteiger partial charge is 0.268 e. The van der Waals surface area contributed by atoms with E-state index < -0.39 is 0 Å². The van der Waals surface area contributed by atoms with Crippen LogP contribution in [0.2, 0.25) is 0 Å². The molecule has 0 spiro atoms. The minimum atomic E-state index is -0.205. The number of fused-ring (bicyclic) bond motifs is 3. The molecule has 1 aliphatic rings. The summed E-state index contributed by atoms with van der Waals surface area (Å²) in [4.78, 5) is 27.4. The fourth-order valence-corrected chi connectivity index (χ4v) is 3.43. The van der Waals surface area contributed by atoms with Gasteiger partial charge < -0.3 is 10.3 Å². The van der Waals surface area contributed by atoms with E-state index >= 15 is 0 Å². The van der Waals surface area contributed by atoms with E-state index in [9.17, 15) is 9.59 Å². The Balaban J connectivity index is 1.99. The first-order valence-corrected chi connectivity index (χ1v) is 7.68. The lowest BCUT2D eigenvalue weighted by atomic mass is 10.0. The Morgan fingerprint density at radius 3 is 2.81 bits per heavy atom. The average molecular weight is 296 g/mol. The number of amides is 1. The van der Waals surface area contributed by atoms with Crippen molar-refractivity contribution in [3.8, 4) is 11.1 Å². The summed E-state index contributed by atoms with van der Waals surface area (Å²) in [6.45, 7) is 0.395. The zero-order valence-corrected chi connectivity index (χ0v) is 11.9. The van der Waals surface area contributed by atoms with Crippen molar-refractivity contribution < 1.29 is 9.59 Å². The lowest BCUT2D eigenvalue weighted by molar-refractivity contribution is 0.0952. The number of nitrogens with one attached hydrogen (secondary N) is 2. The second kappa shape index (κ2) is 4.56. The van der Waals surface area contributed by atoms with Gasteiger partial charge in [-0.1, -0.05) is 6.07 Å². The molecule has 104 valence electrons. The number of rotatable bonds is 1. The van der Waals surface area contributed by atoms with Gasteiger partial charge in [0.05, 0.1) is 5.56 Å². The second-order valence-electron chi connectivity index (χ2n) is 5.08. The van der Waals surface area contributed by atoms with Crippen molar-refractivity contribution in [3.05, 3.63) is 46.3 Å². The first-order valence-electron chi connectivity index (χ1n) is 6.74. The van der Waals surface area contributed by atoms with Gasteiger partial charge in [-0.2, -0.15) is 11.3 Å². The highest BCUT2D eigenvalue weighted by atomic mass is 32.1. The lowest BCUT2D eigenvalue weighted by Gasteiger charge is -2.00. The van der Waals surface area contributed by atoms with Crippen LogP contribution in [0.3, 0.4) is 0 Å². The molecule has 0 aliphatic carbocycles. The van der Waals surface area contributed by atoms with E-state index in [2.05, 4.69) is 15.7 Å². The summed E-state index contributed by atoms with van der Waals surface area (Å²) in [5.41, 5.74) is 3.92. The van der Waals surface area contributed by atoms with Gasteiger partial charge in [0.25, 0.3) is 5.91 Å². The Labute approximate surface area is 124 Å². The van der Waals surface area contributed by atoms with Crippen molar-refractivity contribution in [2.75, 3.05) is 6.54 Å². The molecule has 21 heavy (non-hydrogen) atoms. The van der Waals surface area contributed by atoms with Gasteiger partial charge in [-0.25, -0.2) is 0 Å². The van der Waals surface area contributed by atoms with Crippen molar-refractivity contribution >= 4 is 33.9 Å². The largest absolute Gasteiger partial charge is 0.350 e. The highest BCUT2D eigenvalue weighted by Gasteiger charge is 2.25. The van der Waals surface area contributed by atoms with Gasteiger partial charge in [0, 0.05) is 23.9 Å². The molecule has 5 heteroatoms. The minimum Gasteiger partial charge on any atom is -0.350 e. The molecule has 1 aromatic carbocycles. The summed E-state index contributed by atoms with van der Waals surface area (Å²) in [7, 11) is 0. The summed E-state index contributed by atoms with van der Waals surface area (Å²) in [5, 5.41) is 7.67. The number of H-pyrrole nitrogens is 1. The van der Waals surface area contributed by atoms with Gasteiger partial charge in [0.2, 0.25) is 0 Å². The number of hydrogen-bond donors (Lipinski definition) is 2. The molecule has 0 bridgehead atoms. The van der Waals surface area contributed by atoms with Crippen LogP contribution in [0.4, 0.5) is 0 Å². The molecule has 0 saturated carbocycles. The van der Waals surface area contributed by atoms with E-state index in [4.69, 9.17) is 0 Å². The highest BCUT2D eigenvalue weighted by Crippen LogP contribution is 2.30. The van der Waals surface area contributed by atoms with Crippen LogP contribution in [0.25, 0.3) is 22.0 Å². The monoisotopic (exact) mass is 296 g/mol. The summed E-state index contributed by atoms with van der Waals surface area (Å²) in [5.74, 6) is -0.193. The Hall–Kier alpha value is -2.40. The molecule has 0 atom stereocenters. The van der Waals surface area contributed by atoms with E-state index in [1.165, 1.54) is 0 Å². The first-order chi connectivity index (χ1) is 10.2. The number of carbonyl (C=O) groups excluding carboxylic acids is 2. The molecule has 4 nitrogen and oxygen atoms in total. The third kappa shape index (κ3) is 1.89. The fourth-order valence-electron chi connectivity index (χ4n) is 2.76. The van der Waals surface area contributed by atoms with Gasteiger partial charge in [-0.3, -0.25) is 9.59 Å². The number of thiophene rings is 1. The zero-order chi connectivity index (χ0) is 14.4. The molecule has 4 rings (SSSR count). The number of carbonyl (C=O) groups is 2. The molecule has 3 heterocycles. The lowest BCUT2D eigenvalue weighted by Crippen LogP contribution is -2.23. The molecule has 1 amide bonds. The van der Waals surface area contributed by atoms with E-state index in [1.54, 1.807) is 11.3 Å². The molecule has 0 fully saturated rings. The Bertz CT molecular complexity index is 862. The van der Waals surface area contributed by atoms with Crippen LogP contribution < -0.4 is 5.32 Å². The maximum absolute atomic E-state index is 12.3. The molecule has 0 saturated heterocycles. The van der Waals surface area contributed by atoms with Crippen molar-refractivity contribution in [2.45, 2.75) is 6.42 Å². The second-order valence-corrected chi connectivity index (χ2v) is 5.86. The fraction of sp³-hybridized carbons (Fsp3) is 0.125. The van der Waals surface area contributed by atoms with E-state index in [0.717, 1.165) is 22.0 Å². The summed E-state index contributed by atoms with van der Waals surface area (Å²) < 4.78 is 0. The summed E-state index contributed by atoms with van der Waals surface area (Å²) in [6, 6.07) is 7.97. The van der Waals surface area contributed by atoms with E-state index in [0.29, 0.717) is 24.2 Å². The standard InChI is InChI=1S/C16H12N2O2S/c19-13-3-5-17-16(20)15-14(13)11-7-9(1-2-12(11)18-15)10-4-6-21-8-10/h1-2,4,6-8,18H,3,5H2,(H,17,20). The maximum atomic E-state index is 12.3. The van der Waals surface area contributed by atoms with Crippen molar-refractivity contribution in [1.82, 2.24) is 10.3 Å². The van der Waals surface area contributed by atoms with Crippen molar-refractivity contribution in [3.63, 3.8) is 0 Å². The van der Waals surface area contributed by atoms with Crippen LogP contribution in [0.15, 0.2) is 35.0 Å². The zero-order valence-electron chi connectivity index (χ0n) is 11.1. The Kier molecular flexibility index (Phi) is 2.68. The number of hydrogen-bond acceptors (Lipinski definition) is 3. The van der Waals surface area contributed by atoms with Crippen LogP contribution in [0.5, 0.6) is 0 Å². The van der Waals surface area contributed by atoms with Crippen LogP contribution in [-0.4, -0.2) is 23.2 Å². The number of Topliss-reactive ketones (excluding diaryl/α,β-unsaturated/α-hetero) is 1. The molecule has 0 unspecified atom stereocenters. The average Bonchev–Trinajstić information content (AvgIpc) is 3.11. The van der Waals surface area contributed by atoms with E-state index in [-0.39, 0.29) is 11.7 Å². The molecule has 0 radical (unpaired) electrons. The summed E-state index contributed by atoms with van der Waals surface area (Å²) >= 11 is 1.64. The molecule has 2 aromatic heterocycles. The van der Waals surface area contributed by atoms with Gasteiger partial charge in [-0.05, 0) is 40.1 Å². The molecule has 1 aliphatic heterocycles. The topological polar surface area (TPSA) is 62.0 Å². The summed E-state index contributed by atoms with van der Waals surface area (Å²) in [6.07, 6.45) is 0.342. The predicted molar refractivity (Wildman–Crippen MR) is 82.9 cm³/mol.